The van der Waals surface area contributed by atoms with Crippen LogP contribution in [0.5, 0.6) is 0 Å². The molecule has 0 aliphatic heterocycles. The molecule has 2 atom stereocenters. The van der Waals surface area contributed by atoms with Gasteiger partial charge in [0.25, 0.3) is 0 Å². The van der Waals surface area contributed by atoms with Crippen molar-refractivity contribution in [3.63, 3.8) is 0 Å². The lowest BCUT2D eigenvalue weighted by Gasteiger charge is -2.20. The van der Waals surface area contributed by atoms with Crippen molar-refractivity contribution in [2.24, 2.45) is 5.73 Å². The number of halogens is 2. The Hall–Kier alpha value is -0.0900. The van der Waals surface area contributed by atoms with Gasteiger partial charge >= 0.3 is 0 Å². The summed E-state index contributed by atoms with van der Waals surface area (Å²) in [5, 5.41) is 10.6. The monoisotopic (exact) mass is 305 g/mol. The zero-order valence-electron chi connectivity index (χ0n) is 9.29. The molecule has 2 nitrogen and oxygen atoms in total. The van der Waals surface area contributed by atoms with Crippen LogP contribution in [-0.4, -0.2) is 11.2 Å². The summed E-state index contributed by atoms with van der Waals surface area (Å²) in [5.74, 6) is 0. The molecule has 0 spiro atoms. The first-order valence-electron chi connectivity index (χ1n) is 5.44. The van der Waals surface area contributed by atoms with E-state index in [0.29, 0.717) is 5.02 Å². The molecule has 0 amide bonds. The average molecular weight is 307 g/mol. The van der Waals surface area contributed by atoms with E-state index in [1.54, 1.807) is 12.1 Å². The third-order valence-electron chi connectivity index (χ3n) is 2.59. The van der Waals surface area contributed by atoms with Crippen LogP contribution < -0.4 is 5.73 Å². The van der Waals surface area contributed by atoms with Gasteiger partial charge in [0, 0.05) is 9.50 Å². The Bertz CT molecular complexity index is 346. The Kier molecular flexibility index (Phi) is 5.76. The Morgan fingerprint density at radius 2 is 2.19 bits per heavy atom. The van der Waals surface area contributed by atoms with Crippen molar-refractivity contribution < 1.29 is 5.11 Å². The van der Waals surface area contributed by atoms with Gasteiger partial charge in [0.15, 0.2) is 0 Å². The van der Waals surface area contributed by atoms with E-state index in [2.05, 4.69) is 22.9 Å². The fourth-order valence-electron chi connectivity index (χ4n) is 1.57. The SMILES string of the molecule is CCCC[C@H](O)[C@H](N)c1ccc(Cl)cc1Br. The molecule has 0 saturated carbocycles. The van der Waals surface area contributed by atoms with E-state index in [0.717, 1.165) is 29.3 Å². The third kappa shape index (κ3) is 3.74. The number of nitrogens with two attached hydrogens (primary N) is 1. The molecule has 4 heteroatoms. The van der Waals surface area contributed by atoms with E-state index < -0.39 is 6.10 Å². The molecule has 90 valence electrons. The molecule has 0 bridgehead atoms. The van der Waals surface area contributed by atoms with Gasteiger partial charge in [-0.25, -0.2) is 0 Å². The van der Waals surface area contributed by atoms with Gasteiger partial charge in [-0.3, -0.25) is 0 Å². The van der Waals surface area contributed by atoms with Crippen molar-refractivity contribution in [2.45, 2.75) is 38.3 Å². The largest absolute Gasteiger partial charge is 0.391 e. The maximum Gasteiger partial charge on any atom is 0.0733 e. The van der Waals surface area contributed by atoms with Crippen LogP contribution >= 0.6 is 27.5 Å². The highest BCUT2D eigenvalue weighted by atomic mass is 79.9. The van der Waals surface area contributed by atoms with E-state index in [-0.39, 0.29) is 6.04 Å². The number of hydrogen-bond donors (Lipinski definition) is 2. The van der Waals surface area contributed by atoms with E-state index in [1.807, 2.05) is 6.07 Å². The number of aliphatic hydroxyl groups excluding tert-OH is 1. The summed E-state index contributed by atoms with van der Waals surface area (Å²) in [6, 6.07) is 5.07. The summed E-state index contributed by atoms with van der Waals surface area (Å²) >= 11 is 9.26. The lowest BCUT2D eigenvalue weighted by atomic mass is 9.98. The second-order valence-corrected chi connectivity index (χ2v) is 5.19. The van der Waals surface area contributed by atoms with Gasteiger partial charge in [0.1, 0.15) is 0 Å². The number of unbranched alkanes of at least 4 members (excludes halogenated alkanes) is 1. The van der Waals surface area contributed by atoms with Gasteiger partial charge in [0.2, 0.25) is 0 Å². The van der Waals surface area contributed by atoms with E-state index in [1.165, 1.54) is 0 Å². The highest BCUT2D eigenvalue weighted by Crippen LogP contribution is 2.28. The van der Waals surface area contributed by atoms with Crippen molar-refractivity contribution >= 4 is 27.5 Å². The summed E-state index contributed by atoms with van der Waals surface area (Å²) in [6.07, 6.45) is 2.27. The van der Waals surface area contributed by atoms with Crippen LogP contribution in [0.1, 0.15) is 37.8 Å². The first-order valence-corrected chi connectivity index (χ1v) is 6.62. The number of hydrogen-bond acceptors (Lipinski definition) is 2. The molecule has 0 aliphatic rings. The normalized spacial score (nSPS) is 14.8. The molecule has 16 heavy (non-hydrogen) atoms. The van der Waals surface area contributed by atoms with Crippen molar-refractivity contribution in [2.75, 3.05) is 0 Å². The van der Waals surface area contributed by atoms with Gasteiger partial charge in [-0.1, -0.05) is 53.4 Å². The quantitative estimate of drug-likeness (QED) is 0.872. The third-order valence-corrected chi connectivity index (χ3v) is 3.51. The van der Waals surface area contributed by atoms with Crippen LogP contribution in [0.4, 0.5) is 0 Å². The lowest BCUT2D eigenvalue weighted by Crippen LogP contribution is -2.26. The molecule has 0 aromatic heterocycles. The molecule has 0 saturated heterocycles. The van der Waals surface area contributed by atoms with Gasteiger partial charge in [-0.15, -0.1) is 0 Å². The number of aliphatic hydroxyl groups is 1. The Morgan fingerprint density at radius 3 is 2.75 bits per heavy atom. The van der Waals surface area contributed by atoms with Crippen LogP contribution in [0.15, 0.2) is 22.7 Å². The number of rotatable bonds is 5. The molecule has 0 unspecified atom stereocenters. The van der Waals surface area contributed by atoms with Gasteiger partial charge < -0.3 is 10.8 Å². The zero-order chi connectivity index (χ0) is 12.1. The summed E-state index contributed by atoms with van der Waals surface area (Å²) in [7, 11) is 0. The standard InChI is InChI=1S/C12H17BrClNO/c1-2-3-4-11(16)12(15)9-6-5-8(14)7-10(9)13/h5-7,11-12,16H,2-4,15H2,1H3/t11-,12+/m0/s1. The molecule has 0 fully saturated rings. The zero-order valence-corrected chi connectivity index (χ0v) is 11.6. The van der Waals surface area contributed by atoms with Crippen LogP contribution in [0.25, 0.3) is 0 Å². The first-order chi connectivity index (χ1) is 7.56. The summed E-state index contributed by atoms with van der Waals surface area (Å²) in [5.41, 5.74) is 6.90. The van der Waals surface area contributed by atoms with E-state index in [4.69, 9.17) is 17.3 Å². The van der Waals surface area contributed by atoms with Gasteiger partial charge in [-0.2, -0.15) is 0 Å². The molecule has 0 radical (unpaired) electrons. The van der Waals surface area contributed by atoms with Crippen LogP contribution in [0.3, 0.4) is 0 Å². The summed E-state index contributed by atoms with van der Waals surface area (Å²) < 4.78 is 0.850. The maximum absolute atomic E-state index is 9.92. The summed E-state index contributed by atoms with van der Waals surface area (Å²) in [6.45, 7) is 2.09. The Labute approximate surface area is 110 Å². The second kappa shape index (κ2) is 6.60. The van der Waals surface area contributed by atoms with Crippen LogP contribution in [0.2, 0.25) is 5.02 Å². The predicted octanol–water partition coefficient (Wildman–Crippen LogP) is 3.65. The van der Waals surface area contributed by atoms with Crippen molar-refractivity contribution in [1.82, 2.24) is 0 Å². The van der Waals surface area contributed by atoms with E-state index in [9.17, 15) is 5.11 Å². The highest BCUT2D eigenvalue weighted by molar-refractivity contribution is 9.10. The van der Waals surface area contributed by atoms with Crippen molar-refractivity contribution in [3.8, 4) is 0 Å². The molecule has 3 N–H and O–H groups in total. The fourth-order valence-corrected chi connectivity index (χ4v) is 2.52. The topological polar surface area (TPSA) is 46.2 Å². The maximum atomic E-state index is 9.92. The predicted molar refractivity (Wildman–Crippen MR) is 71.6 cm³/mol. The summed E-state index contributed by atoms with van der Waals surface area (Å²) in [4.78, 5) is 0. The minimum Gasteiger partial charge on any atom is -0.391 e. The lowest BCUT2D eigenvalue weighted by molar-refractivity contribution is 0.132. The van der Waals surface area contributed by atoms with Gasteiger partial charge in [-0.05, 0) is 24.1 Å². The van der Waals surface area contributed by atoms with Crippen molar-refractivity contribution in [3.05, 3.63) is 33.3 Å². The highest BCUT2D eigenvalue weighted by Gasteiger charge is 2.18. The molecule has 1 aromatic carbocycles. The number of benzene rings is 1. The van der Waals surface area contributed by atoms with Crippen LogP contribution in [-0.2, 0) is 0 Å². The van der Waals surface area contributed by atoms with Gasteiger partial charge in [0.05, 0.1) is 12.1 Å². The van der Waals surface area contributed by atoms with E-state index >= 15 is 0 Å². The molecular formula is C12H17BrClNO. The Morgan fingerprint density at radius 1 is 1.50 bits per heavy atom. The Balaban J connectivity index is 2.75. The minimum atomic E-state index is -0.502. The van der Waals surface area contributed by atoms with Crippen molar-refractivity contribution in [1.29, 1.82) is 0 Å². The second-order valence-electron chi connectivity index (χ2n) is 3.90. The minimum absolute atomic E-state index is 0.363. The van der Waals surface area contributed by atoms with Crippen LogP contribution in [0, 0.1) is 0 Å². The average Bonchev–Trinajstić information content (AvgIpc) is 2.25. The first kappa shape index (κ1) is 14.0. The molecule has 0 heterocycles. The molecule has 1 rings (SSSR count). The fraction of sp³-hybridized carbons (Fsp3) is 0.500. The smallest absolute Gasteiger partial charge is 0.0733 e. The molecular weight excluding hydrogens is 289 g/mol. The molecule has 0 aliphatic carbocycles. The molecule has 1 aromatic rings.